The van der Waals surface area contributed by atoms with Crippen molar-refractivity contribution in [3.05, 3.63) is 54.1 Å². The minimum absolute atomic E-state index is 0.206. The van der Waals surface area contributed by atoms with Crippen LogP contribution in [0.3, 0.4) is 0 Å². The van der Waals surface area contributed by atoms with E-state index in [9.17, 15) is 45.0 Å². The highest BCUT2D eigenvalue weighted by atomic mass is 16.7. The third-order valence-corrected chi connectivity index (χ3v) is 6.92. The van der Waals surface area contributed by atoms with Gasteiger partial charge in [-0.25, -0.2) is 0 Å². The quantitative estimate of drug-likeness (QED) is 0.0969. The van der Waals surface area contributed by atoms with Gasteiger partial charge in [0.15, 0.2) is 0 Å². The summed E-state index contributed by atoms with van der Waals surface area (Å²) in [5, 5.41) is 67.0. The summed E-state index contributed by atoms with van der Waals surface area (Å²) in [6.45, 7) is 2.16. The molecular formula is C30H41N3O13. The summed E-state index contributed by atoms with van der Waals surface area (Å²) < 4.78 is 22.8. The second-order valence-corrected chi connectivity index (χ2v) is 10.6. The molecule has 1 aliphatic heterocycles. The molecule has 16 heteroatoms. The van der Waals surface area contributed by atoms with Gasteiger partial charge >= 0.3 is 0 Å². The Morgan fingerprint density at radius 3 is 2.04 bits per heavy atom. The van der Waals surface area contributed by atoms with Crippen LogP contribution in [-0.4, -0.2) is 123 Å². The van der Waals surface area contributed by atoms with E-state index >= 15 is 0 Å². The van der Waals surface area contributed by atoms with E-state index in [-0.39, 0.29) is 17.1 Å². The van der Waals surface area contributed by atoms with Gasteiger partial charge in [0, 0.05) is 25.1 Å². The van der Waals surface area contributed by atoms with E-state index < -0.39 is 92.7 Å². The van der Waals surface area contributed by atoms with Crippen molar-refractivity contribution in [3.63, 3.8) is 0 Å². The molecule has 3 amide bonds. The smallest absolute Gasteiger partial charge is 0.255 e. The zero-order chi connectivity index (χ0) is 34.0. The number of benzene rings is 2. The fraction of sp³-hybridized carbons (Fsp3) is 0.500. The highest BCUT2D eigenvalue weighted by Crippen LogP contribution is 2.26. The SMILES string of the molecule is CC(=O)NC1C(Oc2ccc(NC(=O)c3ccc(OC(OC(CO)[C@H](C)O)[C@H](CO)NC(C)=O)cc3)cc2)OC(CO)C(O)C1O. The van der Waals surface area contributed by atoms with Gasteiger partial charge in [0.05, 0.1) is 25.9 Å². The average Bonchev–Trinajstić information content (AvgIpc) is 3.02. The van der Waals surface area contributed by atoms with E-state index in [0.29, 0.717) is 5.69 Å². The Labute approximate surface area is 264 Å². The van der Waals surface area contributed by atoms with E-state index in [2.05, 4.69) is 16.0 Å². The highest BCUT2D eigenvalue weighted by molar-refractivity contribution is 6.04. The number of aliphatic hydroxyl groups is 6. The van der Waals surface area contributed by atoms with E-state index in [0.717, 1.165) is 0 Å². The molecule has 0 aliphatic carbocycles. The van der Waals surface area contributed by atoms with Crippen LogP contribution in [-0.2, 0) is 19.1 Å². The molecule has 0 aromatic heterocycles. The first-order valence-corrected chi connectivity index (χ1v) is 14.4. The molecular weight excluding hydrogens is 610 g/mol. The second kappa shape index (κ2) is 17.2. The maximum absolute atomic E-state index is 12.9. The van der Waals surface area contributed by atoms with Crippen molar-refractivity contribution in [1.82, 2.24) is 10.6 Å². The zero-order valence-corrected chi connectivity index (χ0v) is 25.5. The summed E-state index contributed by atoms with van der Waals surface area (Å²) in [5.41, 5.74) is 0.645. The number of amides is 3. The Morgan fingerprint density at radius 1 is 0.891 bits per heavy atom. The number of hydrogen-bond donors (Lipinski definition) is 9. The topological polar surface area (TPSA) is 246 Å². The van der Waals surface area contributed by atoms with Crippen LogP contribution in [0.25, 0.3) is 0 Å². The van der Waals surface area contributed by atoms with Gasteiger partial charge in [0.2, 0.25) is 24.4 Å². The summed E-state index contributed by atoms with van der Waals surface area (Å²) in [6.07, 6.45) is -8.75. The molecule has 7 unspecified atom stereocenters. The molecule has 1 aliphatic rings. The molecule has 2 aromatic rings. The predicted molar refractivity (Wildman–Crippen MR) is 160 cm³/mol. The lowest BCUT2D eigenvalue weighted by Crippen LogP contribution is -2.65. The van der Waals surface area contributed by atoms with Crippen molar-refractivity contribution in [1.29, 1.82) is 0 Å². The Balaban J connectivity index is 1.66. The Kier molecular flexibility index (Phi) is 13.7. The van der Waals surface area contributed by atoms with E-state index in [1.54, 1.807) is 0 Å². The van der Waals surface area contributed by atoms with Gasteiger partial charge < -0.3 is 65.5 Å². The predicted octanol–water partition coefficient (Wildman–Crippen LogP) is -1.78. The van der Waals surface area contributed by atoms with Crippen molar-refractivity contribution >= 4 is 23.4 Å². The molecule has 1 saturated heterocycles. The second-order valence-electron chi connectivity index (χ2n) is 10.6. The van der Waals surface area contributed by atoms with E-state index in [1.165, 1.54) is 69.3 Å². The summed E-state index contributed by atoms with van der Waals surface area (Å²) in [6, 6.07) is 9.77. The Hall–Kier alpha value is -3.87. The van der Waals surface area contributed by atoms with Crippen molar-refractivity contribution in [2.24, 2.45) is 0 Å². The van der Waals surface area contributed by atoms with Gasteiger partial charge in [0.1, 0.15) is 48.0 Å². The minimum atomic E-state index is -1.47. The summed E-state index contributed by atoms with van der Waals surface area (Å²) in [4.78, 5) is 36.1. The number of ether oxygens (including phenoxy) is 4. The number of nitrogens with one attached hydrogen (secondary N) is 3. The third-order valence-electron chi connectivity index (χ3n) is 6.92. The van der Waals surface area contributed by atoms with Crippen molar-refractivity contribution in [3.8, 4) is 11.5 Å². The lowest BCUT2D eigenvalue weighted by Gasteiger charge is -2.42. The molecule has 9 atom stereocenters. The normalized spacial score (nSPS) is 23.7. The van der Waals surface area contributed by atoms with E-state index in [1.807, 2.05) is 0 Å². The number of aliphatic hydroxyl groups excluding tert-OH is 6. The highest BCUT2D eigenvalue weighted by Gasteiger charge is 2.46. The molecule has 3 rings (SSSR count). The first-order chi connectivity index (χ1) is 21.9. The van der Waals surface area contributed by atoms with Crippen LogP contribution in [0.5, 0.6) is 11.5 Å². The van der Waals surface area contributed by atoms with Gasteiger partial charge in [-0.3, -0.25) is 14.4 Å². The number of hydrogen-bond acceptors (Lipinski definition) is 13. The molecule has 0 radical (unpaired) electrons. The number of carbonyl (C=O) groups is 3. The van der Waals surface area contributed by atoms with Crippen LogP contribution in [0, 0.1) is 0 Å². The largest absolute Gasteiger partial charge is 0.463 e. The summed E-state index contributed by atoms with van der Waals surface area (Å²) in [5.74, 6) is -0.981. The van der Waals surface area contributed by atoms with Crippen molar-refractivity contribution in [2.75, 3.05) is 25.1 Å². The van der Waals surface area contributed by atoms with Crippen LogP contribution in [0.1, 0.15) is 31.1 Å². The minimum Gasteiger partial charge on any atom is -0.463 e. The fourth-order valence-corrected chi connectivity index (χ4v) is 4.49. The first-order valence-electron chi connectivity index (χ1n) is 14.4. The van der Waals surface area contributed by atoms with Crippen LogP contribution in [0.15, 0.2) is 48.5 Å². The molecule has 254 valence electrons. The van der Waals surface area contributed by atoms with Crippen molar-refractivity contribution < 1.29 is 64.0 Å². The number of rotatable bonds is 15. The first kappa shape index (κ1) is 36.6. The maximum Gasteiger partial charge on any atom is 0.255 e. The Bertz CT molecular complexity index is 1280. The van der Waals surface area contributed by atoms with Crippen LogP contribution in [0.2, 0.25) is 0 Å². The lowest BCUT2D eigenvalue weighted by atomic mass is 9.97. The van der Waals surface area contributed by atoms with Gasteiger partial charge in [-0.05, 0) is 55.5 Å². The molecule has 1 fully saturated rings. The molecule has 2 aromatic carbocycles. The van der Waals surface area contributed by atoms with Crippen molar-refractivity contribution in [2.45, 2.75) is 76.0 Å². The van der Waals surface area contributed by atoms with Crippen LogP contribution < -0.4 is 25.4 Å². The maximum atomic E-state index is 12.9. The number of carbonyl (C=O) groups excluding carboxylic acids is 3. The molecule has 0 saturated carbocycles. The average molecular weight is 652 g/mol. The van der Waals surface area contributed by atoms with Gasteiger partial charge in [-0.1, -0.05) is 0 Å². The Morgan fingerprint density at radius 2 is 1.52 bits per heavy atom. The molecule has 1 heterocycles. The third kappa shape index (κ3) is 10.1. The van der Waals surface area contributed by atoms with Gasteiger partial charge in [0.25, 0.3) is 5.91 Å². The van der Waals surface area contributed by atoms with Crippen LogP contribution in [0.4, 0.5) is 5.69 Å². The lowest BCUT2D eigenvalue weighted by molar-refractivity contribution is -0.244. The van der Waals surface area contributed by atoms with E-state index in [4.69, 9.17) is 18.9 Å². The van der Waals surface area contributed by atoms with Crippen LogP contribution >= 0.6 is 0 Å². The molecule has 46 heavy (non-hydrogen) atoms. The fourth-order valence-electron chi connectivity index (χ4n) is 4.49. The molecule has 9 N–H and O–H groups in total. The van der Waals surface area contributed by atoms with Gasteiger partial charge in [-0.15, -0.1) is 0 Å². The molecule has 16 nitrogen and oxygen atoms in total. The number of anilines is 1. The molecule has 0 bridgehead atoms. The van der Waals surface area contributed by atoms with Gasteiger partial charge in [-0.2, -0.15) is 0 Å². The zero-order valence-electron chi connectivity index (χ0n) is 25.5. The standard InChI is InChI=1S/C30H41N3O13/c1-15(37)23(13-35)45-29(22(12-34)31-16(2)38)43-20-8-4-18(5-9-20)28(42)33-19-6-10-21(11-7-19)44-30-25(32-17(3)39)27(41)26(40)24(14-36)46-30/h4-11,15,22-27,29-30,34-37,40-41H,12-14H2,1-3H3,(H,31,38)(H,32,39)(H,33,42)/t15-,22-,23?,24?,25?,26?,27?,29?,30?/m0/s1. The summed E-state index contributed by atoms with van der Waals surface area (Å²) in [7, 11) is 0. The summed E-state index contributed by atoms with van der Waals surface area (Å²) >= 11 is 0. The molecule has 0 spiro atoms. The monoisotopic (exact) mass is 651 g/mol.